The highest BCUT2D eigenvalue weighted by atomic mass is 127. The molecule has 1 aromatic rings. The molecule has 1 rings (SSSR count). The van der Waals surface area contributed by atoms with E-state index in [0.717, 1.165) is 31.2 Å². The summed E-state index contributed by atoms with van der Waals surface area (Å²) in [7, 11) is 0. The van der Waals surface area contributed by atoms with E-state index < -0.39 is 0 Å². The molecule has 5 nitrogen and oxygen atoms in total. The summed E-state index contributed by atoms with van der Waals surface area (Å²) in [5, 5.41) is 10.1. The zero-order valence-electron chi connectivity index (χ0n) is 15.5. The number of rotatable bonds is 11. The number of hydrogen-bond acceptors (Lipinski definition) is 3. The standard InChI is InChI=1S/C18H29ClN4OS.HI/c1-3-20-18(21-12-4-5-14-25-2)22-13-6-7-17(24)23-16-10-8-15(19)9-11-16;/h8-11H,3-7,12-14H2,1-2H3,(H,23,24)(H2,20,21,22);1H. The molecule has 0 aromatic heterocycles. The van der Waals surface area contributed by atoms with Crippen LogP contribution in [0.15, 0.2) is 29.3 Å². The number of guanidine groups is 1. The monoisotopic (exact) mass is 512 g/mol. The number of benzene rings is 1. The number of carbonyl (C=O) groups excluding carboxylic acids is 1. The van der Waals surface area contributed by atoms with Gasteiger partial charge in [0.2, 0.25) is 5.91 Å². The first-order valence-electron chi connectivity index (χ1n) is 8.72. The van der Waals surface area contributed by atoms with Gasteiger partial charge in [-0.1, -0.05) is 11.6 Å². The molecule has 0 saturated carbocycles. The van der Waals surface area contributed by atoms with Crippen LogP contribution in [-0.2, 0) is 4.79 Å². The topological polar surface area (TPSA) is 65.5 Å². The smallest absolute Gasteiger partial charge is 0.224 e. The Bertz CT molecular complexity index is 528. The minimum Gasteiger partial charge on any atom is -0.357 e. The van der Waals surface area contributed by atoms with E-state index in [1.807, 2.05) is 18.7 Å². The number of nitrogens with zero attached hydrogens (tertiary/aromatic N) is 1. The highest BCUT2D eigenvalue weighted by Gasteiger charge is 2.02. The van der Waals surface area contributed by atoms with Gasteiger partial charge in [0.25, 0.3) is 0 Å². The van der Waals surface area contributed by atoms with Crippen LogP contribution in [0.2, 0.25) is 5.02 Å². The van der Waals surface area contributed by atoms with Crippen LogP contribution in [-0.4, -0.2) is 43.5 Å². The van der Waals surface area contributed by atoms with Gasteiger partial charge in [-0.2, -0.15) is 11.8 Å². The van der Waals surface area contributed by atoms with Gasteiger partial charge in [-0.05, 0) is 62.5 Å². The summed E-state index contributed by atoms with van der Waals surface area (Å²) in [5.41, 5.74) is 0.762. The van der Waals surface area contributed by atoms with Crippen molar-refractivity contribution in [3.8, 4) is 0 Å². The maximum Gasteiger partial charge on any atom is 0.224 e. The van der Waals surface area contributed by atoms with Gasteiger partial charge in [-0.3, -0.25) is 9.79 Å². The SMILES string of the molecule is CCNC(=NCCCC(=O)Nc1ccc(Cl)cc1)NCCCCSC.I. The van der Waals surface area contributed by atoms with E-state index in [9.17, 15) is 4.79 Å². The van der Waals surface area contributed by atoms with Gasteiger partial charge < -0.3 is 16.0 Å². The molecule has 0 atom stereocenters. The third-order valence-corrected chi connectivity index (χ3v) is 4.32. The summed E-state index contributed by atoms with van der Waals surface area (Å²) in [5.74, 6) is 2.01. The Morgan fingerprint density at radius 1 is 1.15 bits per heavy atom. The van der Waals surface area contributed by atoms with Crippen molar-refractivity contribution in [1.29, 1.82) is 0 Å². The number of halogens is 2. The van der Waals surface area contributed by atoms with Crippen LogP contribution in [0.1, 0.15) is 32.6 Å². The fourth-order valence-electron chi connectivity index (χ4n) is 2.11. The summed E-state index contributed by atoms with van der Waals surface area (Å²) in [6.07, 6.45) is 5.62. The molecule has 1 aromatic carbocycles. The molecular weight excluding hydrogens is 483 g/mol. The molecule has 0 fully saturated rings. The van der Waals surface area contributed by atoms with Gasteiger partial charge in [0.05, 0.1) is 0 Å². The second-order valence-corrected chi connectivity index (χ2v) is 6.97. The van der Waals surface area contributed by atoms with Crippen molar-refractivity contribution >= 4 is 64.9 Å². The molecule has 1 amide bonds. The van der Waals surface area contributed by atoms with Crippen LogP contribution >= 0.6 is 47.3 Å². The number of anilines is 1. The van der Waals surface area contributed by atoms with E-state index in [4.69, 9.17) is 11.6 Å². The Balaban J connectivity index is 0.00000625. The summed E-state index contributed by atoms with van der Waals surface area (Å²) in [4.78, 5) is 16.4. The van der Waals surface area contributed by atoms with Crippen LogP contribution < -0.4 is 16.0 Å². The first-order chi connectivity index (χ1) is 12.2. The van der Waals surface area contributed by atoms with Gasteiger partial charge in [0, 0.05) is 36.8 Å². The van der Waals surface area contributed by atoms with Crippen LogP contribution in [0.5, 0.6) is 0 Å². The van der Waals surface area contributed by atoms with Crippen molar-refractivity contribution in [2.75, 3.05) is 37.0 Å². The third kappa shape index (κ3) is 12.6. The molecule has 0 spiro atoms. The highest BCUT2D eigenvalue weighted by Crippen LogP contribution is 2.13. The number of thioether (sulfide) groups is 1. The zero-order chi connectivity index (χ0) is 18.3. The van der Waals surface area contributed by atoms with E-state index >= 15 is 0 Å². The van der Waals surface area contributed by atoms with Crippen LogP contribution in [0.25, 0.3) is 0 Å². The van der Waals surface area contributed by atoms with Crippen molar-refractivity contribution in [3.63, 3.8) is 0 Å². The minimum atomic E-state index is -0.00690. The summed E-state index contributed by atoms with van der Waals surface area (Å²) in [6.45, 7) is 4.41. The molecule has 3 N–H and O–H groups in total. The predicted octanol–water partition coefficient (Wildman–Crippen LogP) is 4.38. The number of nitrogens with one attached hydrogen (secondary N) is 3. The average Bonchev–Trinajstić information content (AvgIpc) is 2.60. The minimum absolute atomic E-state index is 0. The molecule has 0 heterocycles. The lowest BCUT2D eigenvalue weighted by molar-refractivity contribution is -0.116. The fourth-order valence-corrected chi connectivity index (χ4v) is 2.73. The molecule has 0 radical (unpaired) electrons. The average molecular weight is 513 g/mol. The highest BCUT2D eigenvalue weighted by molar-refractivity contribution is 14.0. The molecular formula is C18H30ClIN4OS. The second-order valence-electron chi connectivity index (χ2n) is 5.55. The lowest BCUT2D eigenvalue weighted by Crippen LogP contribution is -2.37. The van der Waals surface area contributed by atoms with Crippen LogP contribution in [0.3, 0.4) is 0 Å². The zero-order valence-corrected chi connectivity index (χ0v) is 19.4. The molecule has 0 aliphatic carbocycles. The Kier molecular flexibility index (Phi) is 16.1. The number of aliphatic imine (C=N–C) groups is 1. The van der Waals surface area contributed by atoms with Crippen molar-refractivity contribution in [1.82, 2.24) is 10.6 Å². The number of unbranched alkanes of at least 4 members (excludes halogenated alkanes) is 1. The first-order valence-corrected chi connectivity index (χ1v) is 10.5. The molecule has 148 valence electrons. The Hall–Kier alpha value is -0.670. The fraction of sp³-hybridized carbons (Fsp3) is 0.556. The number of carbonyl (C=O) groups is 1. The molecule has 26 heavy (non-hydrogen) atoms. The normalized spacial score (nSPS) is 10.8. The predicted molar refractivity (Wildman–Crippen MR) is 126 cm³/mol. The largest absolute Gasteiger partial charge is 0.357 e. The lowest BCUT2D eigenvalue weighted by atomic mass is 10.2. The van der Waals surface area contributed by atoms with Gasteiger partial charge in [0.1, 0.15) is 0 Å². The Labute approximate surface area is 183 Å². The number of hydrogen-bond donors (Lipinski definition) is 3. The summed E-state index contributed by atoms with van der Waals surface area (Å²) >= 11 is 7.70. The molecule has 0 aliphatic heterocycles. The van der Waals surface area contributed by atoms with Crippen molar-refractivity contribution in [2.45, 2.75) is 32.6 Å². The van der Waals surface area contributed by atoms with E-state index in [-0.39, 0.29) is 29.9 Å². The molecule has 8 heteroatoms. The van der Waals surface area contributed by atoms with Gasteiger partial charge >= 0.3 is 0 Å². The Morgan fingerprint density at radius 2 is 1.88 bits per heavy atom. The molecule has 0 bridgehead atoms. The summed E-state index contributed by atoms with van der Waals surface area (Å²) in [6, 6.07) is 7.11. The van der Waals surface area contributed by atoms with Crippen molar-refractivity contribution < 1.29 is 4.79 Å². The maximum absolute atomic E-state index is 11.9. The number of amides is 1. The summed E-state index contributed by atoms with van der Waals surface area (Å²) < 4.78 is 0. The molecule has 0 saturated heterocycles. The van der Waals surface area contributed by atoms with Gasteiger partial charge in [-0.15, -0.1) is 24.0 Å². The van der Waals surface area contributed by atoms with E-state index in [0.29, 0.717) is 24.4 Å². The molecule has 0 aliphatic rings. The van der Waals surface area contributed by atoms with Crippen LogP contribution in [0, 0.1) is 0 Å². The second kappa shape index (κ2) is 16.5. The maximum atomic E-state index is 11.9. The van der Waals surface area contributed by atoms with Crippen molar-refractivity contribution in [2.24, 2.45) is 4.99 Å². The first kappa shape index (κ1) is 25.3. The van der Waals surface area contributed by atoms with E-state index in [1.54, 1.807) is 24.3 Å². The van der Waals surface area contributed by atoms with E-state index in [2.05, 4.69) is 27.2 Å². The lowest BCUT2D eigenvalue weighted by Gasteiger charge is -2.11. The molecule has 0 unspecified atom stereocenters. The van der Waals surface area contributed by atoms with E-state index in [1.165, 1.54) is 12.2 Å². The van der Waals surface area contributed by atoms with Gasteiger partial charge in [0.15, 0.2) is 5.96 Å². The van der Waals surface area contributed by atoms with Crippen LogP contribution in [0.4, 0.5) is 5.69 Å². The van der Waals surface area contributed by atoms with Crippen molar-refractivity contribution in [3.05, 3.63) is 29.3 Å². The Morgan fingerprint density at radius 3 is 2.54 bits per heavy atom. The van der Waals surface area contributed by atoms with Gasteiger partial charge in [-0.25, -0.2) is 0 Å². The third-order valence-electron chi connectivity index (χ3n) is 3.37. The quantitative estimate of drug-likeness (QED) is 0.178.